The third-order valence-corrected chi connectivity index (χ3v) is 4.66. The third kappa shape index (κ3) is 3.80. The Balaban J connectivity index is 1.83. The lowest BCUT2D eigenvalue weighted by molar-refractivity contribution is 0.413. The van der Waals surface area contributed by atoms with E-state index in [0.29, 0.717) is 41.4 Å². The second kappa shape index (κ2) is 8.10. The molecule has 0 aliphatic heterocycles. The molecular weight excluding hydrogens is 371 g/mol. The average molecular weight is 390 g/mol. The number of benzene rings is 2. The molecule has 2 heterocycles. The quantitative estimate of drug-likeness (QED) is 0.545. The van der Waals surface area contributed by atoms with E-state index in [9.17, 15) is 9.18 Å². The first-order valence-corrected chi connectivity index (χ1v) is 9.14. The summed E-state index contributed by atoms with van der Waals surface area (Å²) in [6, 6.07) is 15.8. The van der Waals surface area contributed by atoms with Crippen LogP contribution in [0.2, 0.25) is 0 Å². The summed E-state index contributed by atoms with van der Waals surface area (Å²) >= 11 is 0. The van der Waals surface area contributed by atoms with Gasteiger partial charge < -0.3 is 14.3 Å². The second-order valence-corrected chi connectivity index (χ2v) is 6.47. The summed E-state index contributed by atoms with van der Waals surface area (Å²) in [7, 11) is 1.52. The SMILES string of the molecule is COc1cccc(F)c1-c1c(-c2ccccc2)ncn1CCc1cc(=O)[nH]cn1. The molecule has 1 N–H and O–H groups in total. The normalized spacial score (nSPS) is 10.8. The highest BCUT2D eigenvalue weighted by Gasteiger charge is 2.21. The van der Waals surface area contributed by atoms with Gasteiger partial charge in [0.25, 0.3) is 5.56 Å². The number of aromatic amines is 1. The van der Waals surface area contributed by atoms with E-state index in [2.05, 4.69) is 15.0 Å². The molecule has 4 rings (SSSR count). The maximum atomic E-state index is 14.9. The molecule has 7 heteroatoms. The van der Waals surface area contributed by atoms with Crippen LogP contribution in [0.5, 0.6) is 5.75 Å². The number of hydrogen-bond donors (Lipinski definition) is 1. The van der Waals surface area contributed by atoms with Crippen LogP contribution in [-0.2, 0) is 13.0 Å². The lowest BCUT2D eigenvalue weighted by Gasteiger charge is -2.14. The molecule has 0 saturated heterocycles. The van der Waals surface area contributed by atoms with Crippen molar-refractivity contribution in [3.05, 3.63) is 89.1 Å². The zero-order valence-corrected chi connectivity index (χ0v) is 15.8. The Hall–Kier alpha value is -3.74. The number of halogens is 1. The summed E-state index contributed by atoms with van der Waals surface area (Å²) in [4.78, 5) is 22.8. The summed E-state index contributed by atoms with van der Waals surface area (Å²) in [5.74, 6) is 0.0378. The predicted octanol–water partition coefficient (Wildman–Crippen LogP) is 3.69. The minimum absolute atomic E-state index is 0.207. The van der Waals surface area contributed by atoms with E-state index in [-0.39, 0.29) is 5.56 Å². The van der Waals surface area contributed by atoms with Gasteiger partial charge in [-0.2, -0.15) is 0 Å². The molecule has 146 valence electrons. The van der Waals surface area contributed by atoms with E-state index in [1.165, 1.54) is 25.6 Å². The van der Waals surface area contributed by atoms with Crippen LogP contribution < -0.4 is 10.3 Å². The Morgan fingerprint density at radius 3 is 2.69 bits per heavy atom. The fourth-order valence-corrected chi connectivity index (χ4v) is 3.31. The molecule has 4 aromatic rings. The number of imidazole rings is 1. The van der Waals surface area contributed by atoms with E-state index >= 15 is 0 Å². The maximum Gasteiger partial charge on any atom is 0.250 e. The molecule has 0 fully saturated rings. The molecule has 0 aliphatic rings. The average Bonchev–Trinajstić information content (AvgIpc) is 3.16. The molecule has 6 nitrogen and oxygen atoms in total. The van der Waals surface area contributed by atoms with Crippen molar-refractivity contribution in [2.75, 3.05) is 7.11 Å². The molecule has 0 atom stereocenters. The van der Waals surface area contributed by atoms with Crippen LogP contribution in [0.15, 0.2) is 72.0 Å². The minimum Gasteiger partial charge on any atom is -0.496 e. The third-order valence-electron chi connectivity index (χ3n) is 4.66. The van der Waals surface area contributed by atoms with Crippen molar-refractivity contribution in [1.82, 2.24) is 19.5 Å². The van der Waals surface area contributed by atoms with Crippen molar-refractivity contribution in [2.45, 2.75) is 13.0 Å². The van der Waals surface area contributed by atoms with Gasteiger partial charge in [0.05, 0.1) is 36.7 Å². The van der Waals surface area contributed by atoms with Gasteiger partial charge >= 0.3 is 0 Å². The molecule has 2 aromatic carbocycles. The topological polar surface area (TPSA) is 72.8 Å². The Morgan fingerprint density at radius 2 is 1.93 bits per heavy atom. The first-order valence-electron chi connectivity index (χ1n) is 9.14. The molecule has 0 radical (unpaired) electrons. The number of H-pyrrole nitrogens is 1. The van der Waals surface area contributed by atoms with E-state index in [1.54, 1.807) is 18.5 Å². The molecule has 0 spiro atoms. The first kappa shape index (κ1) is 18.6. The number of ether oxygens (including phenoxy) is 1. The highest BCUT2D eigenvalue weighted by molar-refractivity contribution is 5.82. The van der Waals surface area contributed by atoms with E-state index in [1.807, 2.05) is 34.9 Å². The van der Waals surface area contributed by atoms with Crippen LogP contribution in [0.1, 0.15) is 5.69 Å². The Morgan fingerprint density at radius 1 is 1.10 bits per heavy atom. The summed E-state index contributed by atoms with van der Waals surface area (Å²) in [6.45, 7) is 0.475. The maximum absolute atomic E-state index is 14.9. The van der Waals surface area contributed by atoms with Gasteiger partial charge in [-0.15, -0.1) is 0 Å². The lowest BCUT2D eigenvalue weighted by Crippen LogP contribution is -2.10. The molecule has 29 heavy (non-hydrogen) atoms. The molecular formula is C22H19FN4O2. The minimum atomic E-state index is -0.391. The number of rotatable bonds is 6. The number of aromatic nitrogens is 4. The van der Waals surface area contributed by atoms with Gasteiger partial charge in [0.1, 0.15) is 11.6 Å². The number of aryl methyl sites for hydroxylation is 2. The van der Waals surface area contributed by atoms with Gasteiger partial charge in [-0.25, -0.2) is 14.4 Å². The van der Waals surface area contributed by atoms with Gasteiger partial charge in [-0.1, -0.05) is 36.4 Å². The number of methoxy groups -OCH3 is 1. The van der Waals surface area contributed by atoms with Crippen LogP contribution in [0.3, 0.4) is 0 Å². The van der Waals surface area contributed by atoms with Crippen molar-refractivity contribution < 1.29 is 9.13 Å². The standard InChI is InChI=1S/C22H19FN4O2/c1-29-18-9-5-8-17(23)20(18)22-21(15-6-3-2-4-7-15)26-14-27(22)11-10-16-12-19(28)25-13-24-16/h2-9,12-14H,10-11H2,1H3,(H,24,25,28). The van der Waals surface area contributed by atoms with Gasteiger partial charge in [0, 0.05) is 30.3 Å². The highest BCUT2D eigenvalue weighted by Crippen LogP contribution is 2.38. The Bertz CT molecular complexity index is 1180. The smallest absolute Gasteiger partial charge is 0.250 e. The molecule has 0 saturated carbocycles. The monoisotopic (exact) mass is 390 g/mol. The predicted molar refractivity (Wildman–Crippen MR) is 108 cm³/mol. The largest absolute Gasteiger partial charge is 0.496 e. The van der Waals surface area contributed by atoms with Gasteiger partial charge in [-0.3, -0.25) is 4.79 Å². The van der Waals surface area contributed by atoms with Crippen LogP contribution >= 0.6 is 0 Å². The number of hydrogen-bond acceptors (Lipinski definition) is 4. The lowest BCUT2D eigenvalue weighted by atomic mass is 10.0. The highest BCUT2D eigenvalue weighted by atomic mass is 19.1. The summed E-state index contributed by atoms with van der Waals surface area (Å²) < 4.78 is 22.2. The zero-order valence-electron chi connectivity index (χ0n) is 15.8. The zero-order chi connectivity index (χ0) is 20.2. The van der Waals surface area contributed by atoms with E-state index < -0.39 is 5.82 Å². The molecule has 0 amide bonds. The van der Waals surface area contributed by atoms with Crippen molar-refractivity contribution >= 4 is 0 Å². The van der Waals surface area contributed by atoms with Crippen molar-refractivity contribution in [3.8, 4) is 28.3 Å². The molecule has 0 bridgehead atoms. The second-order valence-electron chi connectivity index (χ2n) is 6.47. The van der Waals surface area contributed by atoms with Crippen LogP contribution in [-0.4, -0.2) is 26.6 Å². The van der Waals surface area contributed by atoms with Crippen molar-refractivity contribution in [3.63, 3.8) is 0 Å². The molecule has 0 unspecified atom stereocenters. The van der Waals surface area contributed by atoms with E-state index in [4.69, 9.17) is 4.74 Å². The van der Waals surface area contributed by atoms with Crippen molar-refractivity contribution in [1.29, 1.82) is 0 Å². The molecule has 0 aliphatic carbocycles. The van der Waals surface area contributed by atoms with Crippen molar-refractivity contribution in [2.24, 2.45) is 0 Å². The van der Waals surface area contributed by atoms with Crippen LogP contribution in [0.4, 0.5) is 4.39 Å². The van der Waals surface area contributed by atoms with Gasteiger partial charge in [0.15, 0.2) is 0 Å². The number of nitrogens with one attached hydrogen (secondary N) is 1. The van der Waals surface area contributed by atoms with Gasteiger partial charge in [-0.05, 0) is 12.1 Å². The fourth-order valence-electron chi connectivity index (χ4n) is 3.31. The summed E-state index contributed by atoms with van der Waals surface area (Å²) in [6.07, 6.45) is 3.55. The Kier molecular flexibility index (Phi) is 5.20. The summed E-state index contributed by atoms with van der Waals surface area (Å²) in [5.41, 5.74) is 2.95. The first-order chi connectivity index (χ1) is 14.2. The van der Waals surface area contributed by atoms with Crippen LogP contribution in [0, 0.1) is 5.82 Å². The van der Waals surface area contributed by atoms with Crippen LogP contribution in [0.25, 0.3) is 22.5 Å². The molecule has 2 aromatic heterocycles. The Labute approximate surface area is 166 Å². The summed E-state index contributed by atoms with van der Waals surface area (Å²) in [5, 5.41) is 0. The van der Waals surface area contributed by atoms with E-state index in [0.717, 1.165) is 5.56 Å². The van der Waals surface area contributed by atoms with Gasteiger partial charge in [0.2, 0.25) is 0 Å². The fraction of sp³-hybridized carbons (Fsp3) is 0.136. The number of nitrogens with zero attached hydrogens (tertiary/aromatic N) is 3.